The zero-order valence-corrected chi connectivity index (χ0v) is 30.5. The van der Waals surface area contributed by atoms with Gasteiger partial charge in [0.05, 0.1) is 5.56 Å². The Morgan fingerprint density at radius 1 is 0.766 bits per heavy atom. The molecule has 6 aromatic rings. The highest BCUT2D eigenvalue weighted by Crippen LogP contribution is 2.52. The summed E-state index contributed by atoms with van der Waals surface area (Å²) in [4.78, 5) is 0. The van der Waals surface area contributed by atoms with Gasteiger partial charge in [-0.05, 0) is 92.0 Å². The summed E-state index contributed by atoms with van der Waals surface area (Å²) in [5.41, 5.74) is 13.7. The van der Waals surface area contributed by atoms with Crippen LogP contribution in [-0.2, 0) is 24.4 Å². The maximum absolute atomic E-state index is 2.75. The predicted molar refractivity (Wildman–Crippen MR) is 201 cm³/mol. The smallest absolute Gasteiger partial charge is 0.295 e. The Labute approximate surface area is 282 Å². The van der Waals surface area contributed by atoms with E-state index in [1.54, 1.807) is 0 Å². The van der Waals surface area contributed by atoms with E-state index in [-0.39, 0.29) is 11.0 Å². The molecule has 0 saturated heterocycles. The van der Waals surface area contributed by atoms with E-state index in [2.05, 4.69) is 156 Å². The van der Waals surface area contributed by atoms with Crippen LogP contribution in [0.15, 0.2) is 72.8 Å². The lowest BCUT2D eigenvalue weighted by atomic mass is 9.61. The number of imidazole rings is 1. The molecule has 7 rings (SSSR count). The first-order valence-corrected chi connectivity index (χ1v) is 18.3. The molecule has 2 aromatic heterocycles. The SMILES string of the molecule is CCCCc1ccc2c(c1)c1c(C(C)C)c(-n3c4[n+](c5ccccc53)C(C)(CC)C(C)(CC)c3ccccc3-4)c(C(C)C)cc1n2C. The van der Waals surface area contributed by atoms with E-state index in [0.717, 1.165) is 19.3 Å². The van der Waals surface area contributed by atoms with Crippen LogP contribution in [0.1, 0.15) is 122 Å². The Morgan fingerprint density at radius 2 is 1.49 bits per heavy atom. The van der Waals surface area contributed by atoms with Gasteiger partial charge in [-0.15, -0.1) is 0 Å². The Kier molecular flexibility index (Phi) is 7.69. The largest absolute Gasteiger partial charge is 0.344 e. The number of fused-ring (bicyclic) bond motifs is 8. The second kappa shape index (κ2) is 11.4. The van der Waals surface area contributed by atoms with Crippen molar-refractivity contribution in [2.75, 3.05) is 0 Å². The second-order valence-corrected chi connectivity index (χ2v) is 15.3. The van der Waals surface area contributed by atoms with E-state index in [1.165, 1.54) is 85.0 Å². The minimum absolute atomic E-state index is 0.0127. The van der Waals surface area contributed by atoms with Crippen LogP contribution in [0.2, 0.25) is 0 Å². The third-order valence-electron chi connectivity index (χ3n) is 12.3. The van der Waals surface area contributed by atoms with Crippen molar-refractivity contribution in [3.05, 3.63) is 95.1 Å². The number of nitrogens with zero attached hydrogens (tertiary/aromatic N) is 3. The molecule has 3 nitrogen and oxygen atoms in total. The van der Waals surface area contributed by atoms with Crippen molar-refractivity contribution < 1.29 is 4.57 Å². The molecular weight excluding hydrogens is 571 g/mol. The average molecular weight is 625 g/mol. The molecule has 0 radical (unpaired) electrons. The fourth-order valence-corrected chi connectivity index (χ4v) is 9.19. The number of hydrogen-bond acceptors (Lipinski definition) is 0. The number of benzene rings is 4. The molecule has 0 spiro atoms. The third kappa shape index (κ3) is 4.27. The molecule has 0 saturated carbocycles. The Morgan fingerprint density at radius 3 is 2.17 bits per heavy atom. The van der Waals surface area contributed by atoms with Gasteiger partial charge in [0.25, 0.3) is 5.82 Å². The number of unbranched alkanes of at least 4 members (excludes halogenated alkanes) is 1. The zero-order chi connectivity index (χ0) is 33.4. The Hall–Kier alpha value is -3.85. The predicted octanol–water partition coefficient (Wildman–Crippen LogP) is 11.6. The van der Waals surface area contributed by atoms with E-state index >= 15 is 0 Å². The van der Waals surface area contributed by atoms with E-state index in [4.69, 9.17) is 0 Å². The molecule has 4 aromatic carbocycles. The molecule has 1 aliphatic heterocycles. The molecule has 2 atom stereocenters. The average Bonchev–Trinajstić information content (AvgIpc) is 3.57. The van der Waals surface area contributed by atoms with Gasteiger partial charge in [0.15, 0.2) is 11.0 Å². The van der Waals surface area contributed by atoms with E-state index in [9.17, 15) is 0 Å². The molecule has 244 valence electrons. The molecule has 0 N–H and O–H groups in total. The van der Waals surface area contributed by atoms with Gasteiger partial charge in [-0.25, -0.2) is 4.57 Å². The molecule has 0 aliphatic carbocycles. The Balaban J connectivity index is 1.72. The van der Waals surface area contributed by atoms with Crippen molar-refractivity contribution in [3.8, 4) is 17.1 Å². The summed E-state index contributed by atoms with van der Waals surface area (Å²) in [5, 5.41) is 2.82. The van der Waals surface area contributed by atoms with Crippen molar-refractivity contribution >= 4 is 32.8 Å². The van der Waals surface area contributed by atoms with E-state index in [1.807, 2.05) is 0 Å². The van der Waals surface area contributed by atoms with Crippen LogP contribution in [0.3, 0.4) is 0 Å². The van der Waals surface area contributed by atoms with E-state index in [0.29, 0.717) is 11.8 Å². The van der Waals surface area contributed by atoms with Gasteiger partial charge in [-0.3, -0.25) is 0 Å². The van der Waals surface area contributed by atoms with Crippen LogP contribution in [-0.4, -0.2) is 9.13 Å². The van der Waals surface area contributed by atoms with Crippen LogP contribution in [0.25, 0.3) is 49.9 Å². The minimum Gasteiger partial charge on any atom is -0.344 e. The van der Waals surface area contributed by atoms with Gasteiger partial charge < -0.3 is 4.57 Å². The summed E-state index contributed by atoms with van der Waals surface area (Å²) in [5.74, 6) is 2.00. The van der Waals surface area contributed by atoms with Gasteiger partial charge in [-0.2, -0.15) is 4.57 Å². The van der Waals surface area contributed by atoms with Crippen LogP contribution >= 0.6 is 0 Å². The number of aromatic nitrogens is 3. The highest BCUT2D eigenvalue weighted by Gasteiger charge is 2.56. The molecule has 0 amide bonds. The summed E-state index contributed by atoms with van der Waals surface area (Å²) in [6.45, 7) is 21.7. The summed E-state index contributed by atoms with van der Waals surface area (Å²) >= 11 is 0. The normalized spacial score (nSPS) is 19.4. The number of para-hydroxylation sites is 2. The molecular formula is C44H54N3+. The highest BCUT2D eigenvalue weighted by molar-refractivity contribution is 6.12. The first-order valence-electron chi connectivity index (χ1n) is 18.3. The fraction of sp³-hybridized carbons (Fsp3) is 0.432. The monoisotopic (exact) mass is 624 g/mol. The summed E-state index contributed by atoms with van der Waals surface area (Å²) < 4.78 is 7.89. The van der Waals surface area contributed by atoms with Crippen LogP contribution in [0.5, 0.6) is 0 Å². The summed E-state index contributed by atoms with van der Waals surface area (Å²) in [6.07, 6.45) is 5.70. The zero-order valence-electron chi connectivity index (χ0n) is 30.5. The van der Waals surface area contributed by atoms with Crippen molar-refractivity contribution in [1.82, 2.24) is 9.13 Å². The van der Waals surface area contributed by atoms with Crippen LogP contribution in [0.4, 0.5) is 0 Å². The fourth-order valence-electron chi connectivity index (χ4n) is 9.19. The number of rotatable bonds is 8. The molecule has 0 fully saturated rings. The van der Waals surface area contributed by atoms with E-state index < -0.39 is 0 Å². The van der Waals surface area contributed by atoms with Crippen LogP contribution in [0, 0.1) is 0 Å². The summed E-state index contributed by atoms with van der Waals surface area (Å²) in [6, 6.07) is 28.3. The van der Waals surface area contributed by atoms with Gasteiger partial charge in [-0.1, -0.05) is 98.2 Å². The number of hydrogen-bond donors (Lipinski definition) is 0. The van der Waals surface area contributed by atoms with Gasteiger partial charge in [0.1, 0.15) is 11.2 Å². The standard InChI is InChI=1S/C44H54N3/c1-11-14-19-30-24-25-35-33(26-30)40-38(45(35)10)27-32(28(4)5)41(39(40)29(6)7)46-36-22-17-18-23-37(36)47-42(46)31-20-15-16-21-34(31)43(8,12-2)44(47,9)13-3/h15-18,20-29H,11-14,19H2,1-10H3/q+1. The van der Waals surface area contributed by atoms with Gasteiger partial charge >= 0.3 is 0 Å². The topological polar surface area (TPSA) is 13.7 Å². The molecule has 3 heteroatoms. The second-order valence-electron chi connectivity index (χ2n) is 15.3. The molecule has 2 unspecified atom stereocenters. The highest BCUT2D eigenvalue weighted by atomic mass is 15.2. The van der Waals surface area contributed by atoms with Gasteiger partial charge in [0.2, 0.25) is 0 Å². The van der Waals surface area contributed by atoms with Crippen molar-refractivity contribution in [2.24, 2.45) is 7.05 Å². The van der Waals surface area contributed by atoms with Gasteiger partial charge in [0, 0.05) is 45.4 Å². The molecule has 0 bridgehead atoms. The van der Waals surface area contributed by atoms with Crippen molar-refractivity contribution in [2.45, 2.75) is 117 Å². The first-order chi connectivity index (χ1) is 22.5. The molecule has 1 aliphatic rings. The third-order valence-corrected chi connectivity index (χ3v) is 12.3. The summed E-state index contributed by atoms with van der Waals surface area (Å²) in [7, 11) is 2.27. The molecule has 3 heterocycles. The Bertz CT molecular complexity index is 2150. The minimum atomic E-state index is -0.107. The van der Waals surface area contributed by atoms with Crippen LogP contribution < -0.4 is 4.57 Å². The maximum Gasteiger partial charge on any atom is 0.295 e. The first kappa shape index (κ1) is 31.7. The lowest BCUT2D eigenvalue weighted by molar-refractivity contribution is -0.743. The quantitative estimate of drug-likeness (QED) is 0.150. The lowest BCUT2D eigenvalue weighted by Gasteiger charge is -2.48. The lowest BCUT2D eigenvalue weighted by Crippen LogP contribution is -2.67. The van der Waals surface area contributed by atoms with Crippen molar-refractivity contribution in [3.63, 3.8) is 0 Å². The van der Waals surface area contributed by atoms with Crippen molar-refractivity contribution in [1.29, 1.82) is 0 Å². The molecule has 47 heavy (non-hydrogen) atoms. The maximum atomic E-state index is 2.75. The number of aryl methyl sites for hydroxylation is 2.